The third kappa shape index (κ3) is 1.15. The summed E-state index contributed by atoms with van der Waals surface area (Å²) >= 11 is 0. The molecule has 0 unspecified atom stereocenters. The molecule has 0 spiro atoms. The number of β-lactam (4-membered cyclic amide) rings is 1. The highest BCUT2D eigenvalue weighted by Crippen LogP contribution is 2.38. The van der Waals surface area contributed by atoms with Crippen molar-refractivity contribution in [1.82, 2.24) is 4.90 Å². The van der Waals surface area contributed by atoms with E-state index >= 15 is 0 Å². The summed E-state index contributed by atoms with van der Waals surface area (Å²) in [6, 6.07) is 10.2. The van der Waals surface area contributed by atoms with Crippen LogP contribution in [0.3, 0.4) is 0 Å². The van der Waals surface area contributed by atoms with E-state index in [0.29, 0.717) is 0 Å². The van der Waals surface area contributed by atoms with E-state index in [-0.39, 0.29) is 17.9 Å². The van der Waals surface area contributed by atoms with E-state index in [1.165, 1.54) is 5.56 Å². The van der Waals surface area contributed by atoms with E-state index in [0.717, 1.165) is 0 Å². The normalized spacial score (nSPS) is 25.8. The summed E-state index contributed by atoms with van der Waals surface area (Å²) in [5.41, 5.74) is 1.18. The van der Waals surface area contributed by atoms with Gasteiger partial charge in [0.15, 0.2) is 0 Å². The minimum Gasteiger partial charge on any atom is -0.337 e. The minimum atomic E-state index is -0.0394. The maximum atomic E-state index is 11.4. The number of amides is 1. The van der Waals surface area contributed by atoms with E-state index in [4.69, 9.17) is 0 Å². The van der Waals surface area contributed by atoms with Gasteiger partial charge in [0.2, 0.25) is 5.91 Å². The molecule has 0 aliphatic carbocycles. The van der Waals surface area contributed by atoms with E-state index in [9.17, 15) is 4.79 Å². The predicted octanol–water partition coefficient (Wildman–Crippen LogP) is 2.00. The summed E-state index contributed by atoms with van der Waals surface area (Å²) in [7, 11) is 1.83. The van der Waals surface area contributed by atoms with E-state index in [1.54, 1.807) is 11.0 Å². The zero-order chi connectivity index (χ0) is 10.1. The fourth-order valence-electron chi connectivity index (χ4n) is 1.98. The Morgan fingerprint density at radius 2 is 2.00 bits per heavy atom. The lowest BCUT2D eigenvalue weighted by Crippen LogP contribution is -2.51. The first-order valence-corrected chi connectivity index (χ1v) is 4.70. The molecule has 2 rings (SSSR count). The molecule has 2 nitrogen and oxygen atoms in total. The van der Waals surface area contributed by atoms with Crippen molar-refractivity contribution in [2.75, 3.05) is 7.05 Å². The van der Waals surface area contributed by atoms with Crippen LogP contribution in [0.4, 0.5) is 0 Å². The van der Waals surface area contributed by atoms with Gasteiger partial charge in [-0.2, -0.15) is 0 Å². The number of rotatable bonds is 2. The van der Waals surface area contributed by atoms with E-state index < -0.39 is 0 Å². The van der Waals surface area contributed by atoms with Crippen molar-refractivity contribution in [3.63, 3.8) is 0 Å². The molecule has 1 saturated heterocycles. The number of carbonyl (C=O) groups excluding carboxylic acids is 1. The Morgan fingerprint density at radius 1 is 1.36 bits per heavy atom. The molecule has 1 aliphatic heterocycles. The highest BCUT2D eigenvalue weighted by molar-refractivity contribution is 5.87. The third-order valence-corrected chi connectivity index (χ3v) is 2.79. The van der Waals surface area contributed by atoms with Gasteiger partial charge >= 0.3 is 0 Å². The largest absolute Gasteiger partial charge is 0.337 e. The van der Waals surface area contributed by atoms with E-state index in [2.05, 4.69) is 6.58 Å². The van der Waals surface area contributed by atoms with Gasteiger partial charge in [0.1, 0.15) is 0 Å². The fourth-order valence-corrected chi connectivity index (χ4v) is 1.98. The first-order valence-electron chi connectivity index (χ1n) is 4.70. The molecule has 0 bridgehead atoms. The summed E-state index contributed by atoms with van der Waals surface area (Å²) in [6.45, 7) is 3.70. The molecule has 0 saturated carbocycles. The fraction of sp³-hybridized carbons (Fsp3) is 0.250. The standard InChI is InChI=1S/C12H13NO/c1-3-10-11(13(2)12(10)14)9-7-5-4-6-8-9/h3-8,10-11H,1H2,2H3/t10-,11-/m0/s1. The molecule has 0 radical (unpaired) electrons. The molecular weight excluding hydrogens is 174 g/mol. The second-order valence-electron chi connectivity index (χ2n) is 3.57. The van der Waals surface area contributed by atoms with Crippen LogP contribution in [0.5, 0.6) is 0 Å². The highest BCUT2D eigenvalue weighted by Gasteiger charge is 2.43. The van der Waals surface area contributed by atoms with Gasteiger partial charge in [-0.1, -0.05) is 36.4 Å². The Labute approximate surface area is 83.8 Å². The average molecular weight is 187 g/mol. The lowest BCUT2D eigenvalue weighted by Gasteiger charge is -2.44. The highest BCUT2D eigenvalue weighted by atomic mass is 16.2. The predicted molar refractivity (Wildman–Crippen MR) is 55.6 cm³/mol. The van der Waals surface area contributed by atoms with Gasteiger partial charge in [0.05, 0.1) is 12.0 Å². The Kier molecular flexibility index (Phi) is 2.12. The molecule has 1 aromatic rings. The van der Waals surface area contributed by atoms with Crippen LogP contribution in [0.1, 0.15) is 11.6 Å². The van der Waals surface area contributed by atoms with Crippen molar-refractivity contribution >= 4 is 5.91 Å². The van der Waals surface area contributed by atoms with E-state index in [1.807, 2.05) is 37.4 Å². The lowest BCUT2D eigenvalue weighted by molar-refractivity contribution is -0.150. The zero-order valence-corrected chi connectivity index (χ0v) is 8.18. The van der Waals surface area contributed by atoms with Crippen LogP contribution in [-0.2, 0) is 4.79 Å². The topological polar surface area (TPSA) is 20.3 Å². The van der Waals surface area contributed by atoms with Crippen molar-refractivity contribution in [2.24, 2.45) is 5.92 Å². The summed E-state index contributed by atoms with van der Waals surface area (Å²) < 4.78 is 0. The first kappa shape index (κ1) is 9.00. The second-order valence-corrected chi connectivity index (χ2v) is 3.57. The Bertz CT molecular complexity index is 358. The molecule has 72 valence electrons. The summed E-state index contributed by atoms with van der Waals surface area (Å²) in [5.74, 6) is 0.122. The van der Waals surface area contributed by atoms with Crippen LogP contribution in [0.25, 0.3) is 0 Å². The van der Waals surface area contributed by atoms with Crippen molar-refractivity contribution in [2.45, 2.75) is 6.04 Å². The van der Waals surface area contributed by atoms with Crippen molar-refractivity contribution in [1.29, 1.82) is 0 Å². The van der Waals surface area contributed by atoms with Crippen molar-refractivity contribution in [3.05, 3.63) is 48.6 Å². The van der Waals surface area contributed by atoms with Crippen LogP contribution >= 0.6 is 0 Å². The molecule has 1 aliphatic rings. The van der Waals surface area contributed by atoms with Crippen LogP contribution in [0.15, 0.2) is 43.0 Å². The molecule has 1 heterocycles. The van der Waals surface area contributed by atoms with Crippen LogP contribution < -0.4 is 0 Å². The molecule has 1 amide bonds. The molecule has 1 fully saturated rings. The quantitative estimate of drug-likeness (QED) is 0.512. The zero-order valence-electron chi connectivity index (χ0n) is 8.18. The molecule has 1 aromatic carbocycles. The maximum absolute atomic E-state index is 11.4. The van der Waals surface area contributed by atoms with Gasteiger partial charge in [-0.25, -0.2) is 0 Å². The van der Waals surface area contributed by atoms with Crippen LogP contribution in [0, 0.1) is 5.92 Å². The lowest BCUT2D eigenvalue weighted by atomic mass is 9.83. The van der Waals surface area contributed by atoms with Crippen molar-refractivity contribution in [3.8, 4) is 0 Å². The number of carbonyl (C=O) groups is 1. The molecule has 0 N–H and O–H groups in total. The summed E-state index contributed by atoms with van der Waals surface area (Å²) in [4.78, 5) is 13.2. The van der Waals surface area contributed by atoms with Gasteiger partial charge in [-0.05, 0) is 5.56 Å². The Balaban J connectivity index is 2.28. The number of likely N-dealkylation sites (tertiary alicyclic amines) is 1. The summed E-state index contributed by atoms with van der Waals surface area (Å²) in [5, 5.41) is 0. The SMILES string of the molecule is C=C[C@@H]1C(=O)N(C)[C@H]1c1ccccc1. The van der Waals surface area contributed by atoms with Crippen molar-refractivity contribution < 1.29 is 4.79 Å². The van der Waals surface area contributed by atoms with Crippen LogP contribution in [0.2, 0.25) is 0 Å². The maximum Gasteiger partial charge on any atom is 0.232 e. The molecule has 14 heavy (non-hydrogen) atoms. The van der Waals surface area contributed by atoms with Gasteiger partial charge < -0.3 is 4.90 Å². The van der Waals surface area contributed by atoms with Gasteiger partial charge in [0, 0.05) is 7.05 Å². The summed E-state index contributed by atoms with van der Waals surface area (Å²) in [6.07, 6.45) is 1.74. The molecule has 2 heteroatoms. The van der Waals surface area contributed by atoms with Crippen LogP contribution in [-0.4, -0.2) is 17.9 Å². The third-order valence-electron chi connectivity index (χ3n) is 2.79. The Morgan fingerprint density at radius 3 is 2.57 bits per heavy atom. The monoisotopic (exact) mass is 187 g/mol. The number of nitrogens with zero attached hydrogens (tertiary/aromatic N) is 1. The smallest absolute Gasteiger partial charge is 0.232 e. The molecule has 0 aromatic heterocycles. The number of hydrogen-bond donors (Lipinski definition) is 0. The minimum absolute atomic E-state index is 0.0394. The second kappa shape index (κ2) is 3.29. The van der Waals surface area contributed by atoms with Gasteiger partial charge in [0.25, 0.3) is 0 Å². The number of hydrogen-bond acceptors (Lipinski definition) is 1. The number of benzene rings is 1. The Hall–Kier alpha value is -1.57. The van der Waals surface area contributed by atoms with Gasteiger partial charge in [-0.3, -0.25) is 4.79 Å². The molecular formula is C12H13NO. The first-order chi connectivity index (χ1) is 6.75. The average Bonchev–Trinajstić information content (AvgIpc) is 2.25. The van der Waals surface area contributed by atoms with Gasteiger partial charge in [-0.15, -0.1) is 6.58 Å². The molecule has 2 atom stereocenters.